The average molecular weight is 182 g/mol. The summed E-state index contributed by atoms with van der Waals surface area (Å²) in [5.41, 5.74) is 0. The topological polar surface area (TPSA) is 0 Å². The number of rotatable bonds is 0. The van der Waals surface area contributed by atoms with Gasteiger partial charge in [-0.2, -0.15) is 0 Å². The summed E-state index contributed by atoms with van der Waals surface area (Å²) >= 11 is 0. The summed E-state index contributed by atoms with van der Waals surface area (Å²) in [5.74, 6) is 0. The van der Waals surface area contributed by atoms with Crippen LogP contribution in [-0.4, -0.2) is 132 Å². The minimum absolute atomic E-state index is 0. The monoisotopic (exact) mass is 182 g/mol. The van der Waals surface area contributed by atoms with Crippen LogP contribution in [0.5, 0.6) is 0 Å². The van der Waals surface area contributed by atoms with Crippen molar-refractivity contribution in [2.45, 2.75) is 0 Å². The standard InChI is InChI=1S/C6H6.2K.Na.3H/c1-2-4-6-5-3-1;;;;;;/h1-6H;;;;;;. The Morgan fingerprint density at radius 3 is 0.667 bits per heavy atom. The Morgan fingerprint density at radius 2 is 0.556 bits per heavy atom. The molecule has 36 valence electrons. The third kappa shape index (κ3) is 11.5. The van der Waals surface area contributed by atoms with Crippen LogP contribution in [0.1, 0.15) is 0 Å². The third-order valence-corrected chi connectivity index (χ3v) is 0.667. The van der Waals surface area contributed by atoms with Crippen LogP contribution in [0, 0.1) is 0 Å². The molecule has 0 saturated carbocycles. The Morgan fingerprint density at radius 1 is 0.444 bits per heavy atom. The second kappa shape index (κ2) is 14.0. The zero-order valence-electron chi connectivity index (χ0n) is 3.46. The van der Waals surface area contributed by atoms with Crippen LogP contribution in [0.25, 0.3) is 0 Å². The molecule has 0 aromatic heterocycles. The summed E-state index contributed by atoms with van der Waals surface area (Å²) in [6, 6.07) is 12.0. The van der Waals surface area contributed by atoms with E-state index in [4.69, 9.17) is 0 Å². The van der Waals surface area contributed by atoms with Crippen molar-refractivity contribution in [3.63, 3.8) is 0 Å². The van der Waals surface area contributed by atoms with Gasteiger partial charge in [-0.15, -0.1) is 0 Å². The van der Waals surface area contributed by atoms with E-state index in [9.17, 15) is 0 Å². The molecular formula is C6H9K2Na. The fourth-order valence-electron chi connectivity index (χ4n) is 0.385. The molecule has 0 aliphatic heterocycles. The molecule has 0 amide bonds. The number of hydrogen-bond acceptors (Lipinski definition) is 0. The molecule has 9 heavy (non-hydrogen) atoms. The molecule has 0 fully saturated rings. The molecule has 3 heteroatoms. The fraction of sp³-hybridized carbons (Fsp3) is 0. The van der Waals surface area contributed by atoms with Crippen molar-refractivity contribution in [3.8, 4) is 0 Å². The smallest absolute Gasteiger partial charge is 0.0623 e. The van der Waals surface area contributed by atoms with Gasteiger partial charge in [0, 0.05) is 0 Å². The van der Waals surface area contributed by atoms with Gasteiger partial charge in [0.2, 0.25) is 0 Å². The zero-order chi connectivity index (χ0) is 4.24. The molecule has 0 bridgehead atoms. The molecule has 0 N–H and O–H groups in total. The molecule has 0 nitrogen and oxygen atoms in total. The van der Waals surface area contributed by atoms with Crippen molar-refractivity contribution in [2.75, 3.05) is 0 Å². The summed E-state index contributed by atoms with van der Waals surface area (Å²) in [7, 11) is 0. The first-order valence-electron chi connectivity index (χ1n) is 2.00. The molecule has 0 atom stereocenters. The minimum atomic E-state index is 0. The molecular weight excluding hydrogens is 173 g/mol. The predicted molar refractivity (Wildman–Crippen MR) is 47.9 cm³/mol. The van der Waals surface area contributed by atoms with Gasteiger partial charge in [0.15, 0.2) is 0 Å². The Balaban J connectivity index is -0.000000120. The average Bonchev–Trinajstić information content (AvgIpc) is 1.72. The van der Waals surface area contributed by atoms with Crippen LogP contribution in [0.4, 0.5) is 0 Å². The zero-order valence-corrected chi connectivity index (χ0v) is 3.46. The second-order valence-electron chi connectivity index (χ2n) is 1.15. The van der Waals surface area contributed by atoms with Crippen molar-refractivity contribution in [2.24, 2.45) is 0 Å². The van der Waals surface area contributed by atoms with Gasteiger partial charge in [0.1, 0.15) is 0 Å². The van der Waals surface area contributed by atoms with Crippen LogP contribution in [0.2, 0.25) is 0 Å². The first kappa shape index (κ1) is 18.3. The van der Waals surface area contributed by atoms with Crippen LogP contribution >= 0.6 is 0 Å². The predicted octanol–water partition coefficient (Wildman–Crippen LogP) is -0.259. The molecule has 1 rings (SSSR count). The Labute approximate surface area is 164 Å². The normalized spacial score (nSPS) is 5.33. The van der Waals surface area contributed by atoms with Gasteiger partial charge in [-0.1, -0.05) is 36.4 Å². The van der Waals surface area contributed by atoms with Crippen molar-refractivity contribution in [1.29, 1.82) is 0 Å². The number of benzene rings is 1. The summed E-state index contributed by atoms with van der Waals surface area (Å²) < 4.78 is 0. The molecule has 0 saturated heterocycles. The van der Waals surface area contributed by atoms with E-state index in [0.717, 1.165) is 0 Å². The summed E-state index contributed by atoms with van der Waals surface area (Å²) in [5, 5.41) is 0. The van der Waals surface area contributed by atoms with Crippen molar-refractivity contribution < 1.29 is 0 Å². The molecule has 0 unspecified atom stereocenters. The summed E-state index contributed by atoms with van der Waals surface area (Å²) in [6.45, 7) is 0. The van der Waals surface area contributed by atoms with Gasteiger partial charge in [0.25, 0.3) is 0 Å². The first-order valence-corrected chi connectivity index (χ1v) is 2.00. The van der Waals surface area contributed by atoms with Crippen molar-refractivity contribution >= 4 is 132 Å². The molecule has 0 aliphatic rings. The van der Waals surface area contributed by atoms with Crippen LogP contribution in [-0.2, 0) is 0 Å². The van der Waals surface area contributed by atoms with E-state index in [-0.39, 0.29) is 132 Å². The van der Waals surface area contributed by atoms with Crippen molar-refractivity contribution in [3.05, 3.63) is 36.4 Å². The maximum Gasteiger partial charge on any atom is -0.0623 e. The van der Waals surface area contributed by atoms with E-state index < -0.39 is 0 Å². The molecule has 0 heterocycles. The molecule has 0 spiro atoms. The Hall–Kier alpha value is 3.49. The van der Waals surface area contributed by atoms with E-state index >= 15 is 0 Å². The molecule has 0 aliphatic carbocycles. The Bertz CT molecular complexity index is 83.0. The second-order valence-corrected chi connectivity index (χ2v) is 1.15. The minimum Gasteiger partial charge on any atom is -0.0623 e. The van der Waals surface area contributed by atoms with Gasteiger partial charge in [-0.05, 0) is 0 Å². The molecule has 1 aromatic rings. The van der Waals surface area contributed by atoms with E-state index in [1.807, 2.05) is 36.4 Å². The van der Waals surface area contributed by atoms with Crippen LogP contribution < -0.4 is 0 Å². The SMILES string of the molecule is [KH].[KH].[NaH].c1ccccc1. The van der Waals surface area contributed by atoms with Gasteiger partial charge >= 0.3 is 132 Å². The van der Waals surface area contributed by atoms with Gasteiger partial charge in [0.05, 0.1) is 0 Å². The number of hydrogen-bond donors (Lipinski definition) is 0. The van der Waals surface area contributed by atoms with E-state index in [1.165, 1.54) is 0 Å². The largest absolute Gasteiger partial charge is 0.0623 e. The molecule has 0 radical (unpaired) electrons. The van der Waals surface area contributed by atoms with Crippen molar-refractivity contribution in [1.82, 2.24) is 0 Å². The van der Waals surface area contributed by atoms with Gasteiger partial charge < -0.3 is 0 Å². The first-order chi connectivity index (χ1) is 3.00. The summed E-state index contributed by atoms with van der Waals surface area (Å²) in [6.07, 6.45) is 0. The third-order valence-electron chi connectivity index (χ3n) is 0.667. The van der Waals surface area contributed by atoms with E-state index in [1.54, 1.807) is 0 Å². The molecule has 1 aromatic carbocycles. The van der Waals surface area contributed by atoms with E-state index in [0.29, 0.717) is 0 Å². The van der Waals surface area contributed by atoms with Gasteiger partial charge in [-0.3, -0.25) is 0 Å². The maximum absolute atomic E-state index is 2.00. The van der Waals surface area contributed by atoms with Crippen LogP contribution in [0.15, 0.2) is 36.4 Å². The maximum atomic E-state index is 2.00. The quantitative estimate of drug-likeness (QED) is 0.485. The van der Waals surface area contributed by atoms with E-state index in [2.05, 4.69) is 0 Å². The Kier molecular flexibility index (Phi) is 28.6. The summed E-state index contributed by atoms with van der Waals surface area (Å²) in [4.78, 5) is 0. The van der Waals surface area contributed by atoms with Crippen LogP contribution in [0.3, 0.4) is 0 Å². The fourth-order valence-corrected chi connectivity index (χ4v) is 0.385. The van der Waals surface area contributed by atoms with Gasteiger partial charge in [-0.25, -0.2) is 0 Å².